The molecule has 0 aromatic heterocycles. The molecule has 0 aliphatic heterocycles. The Morgan fingerprint density at radius 3 is 2.69 bits per heavy atom. The van der Waals surface area contributed by atoms with Crippen LogP contribution in [-0.4, -0.2) is 12.5 Å². The lowest BCUT2D eigenvalue weighted by Crippen LogP contribution is -2.23. The van der Waals surface area contributed by atoms with Crippen LogP contribution in [-0.2, 0) is 4.79 Å². The van der Waals surface area contributed by atoms with Crippen molar-refractivity contribution in [3.05, 3.63) is 54.0 Å². The van der Waals surface area contributed by atoms with Crippen LogP contribution in [0.1, 0.15) is 6.92 Å². The summed E-state index contributed by atoms with van der Waals surface area (Å²) in [5.74, 6) is -0.0590. The molecule has 84 valence electrons. The van der Waals surface area contributed by atoms with Gasteiger partial charge in [-0.05, 0) is 19.1 Å². The molecular weight excluding hydrogens is 218 g/mol. The minimum absolute atomic E-state index is 0.0590. The van der Waals surface area contributed by atoms with Gasteiger partial charge >= 0.3 is 0 Å². The van der Waals surface area contributed by atoms with E-state index in [-0.39, 0.29) is 5.91 Å². The summed E-state index contributed by atoms with van der Waals surface area (Å²) >= 11 is 1.46. The van der Waals surface area contributed by atoms with Crippen molar-refractivity contribution in [3.63, 3.8) is 0 Å². The smallest absolute Gasteiger partial charge is 0.257 e. The van der Waals surface area contributed by atoms with Crippen LogP contribution in [0.4, 0.5) is 0 Å². The minimum Gasteiger partial charge on any atom is -0.348 e. The van der Waals surface area contributed by atoms with Gasteiger partial charge in [0.05, 0.1) is 4.91 Å². The maximum Gasteiger partial charge on any atom is 0.257 e. The largest absolute Gasteiger partial charge is 0.348 e. The first-order valence-corrected chi connectivity index (χ1v) is 5.88. The molecule has 3 heteroatoms. The maximum atomic E-state index is 11.7. The van der Waals surface area contributed by atoms with Crippen molar-refractivity contribution in [2.24, 2.45) is 0 Å². The first kappa shape index (κ1) is 12.6. The molecule has 0 heterocycles. The van der Waals surface area contributed by atoms with Gasteiger partial charge in [-0.1, -0.05) is 42.1 Å². The molecule has 1 rings (SSSR count). The molecule has 0 bridgehead atoms. The van der Waals surface area contributed by atoms with E-state index >= 15 is 0 Å². The van der Waals surface area contributed by atoms with Gasteiger partial charge in [-0.15, -0.1) is 6.58 Å². The third-order valence-electron chi connectivity index (χ3n) is 1.86. The zero-order chi connectivity index (χ0) is 11.8. The van der Waals surface area contributed by atoms with Crippen molar-refractivity contribution in [2.45, 2.75) is 11.8 Å². The Bertz CT molecular complexity index is 384. The number of carbonyl (C=O) groups excluding carboxylic acids is 1. The van der Waals surface area contributed by atoms with Gasteiger partial charge in [-0.2, -0.15) is 0 Å². The van der Waals surface area contributed by atoms with Crippen molar-refractivity contribution in [1.82, 2.24) is 5.32 Å². The van der Waals surface area contributed by atoms with Crippen molar-refractivity contribution < 1.29 is 4.79 Å². The zero-order valence-corrected chi connectivity index (χ0v) is 10.1. The molecule has 1 aromatic rings. The number of thioether (sulfide) groups is 1. The minimum atomic E-state index is -0.0590. The number of allylic oxidation sites excluding steroid dienone is 1. The number of benzene rings is 1. The maximum absolute atomic E-state index is 11.7. The molecule has 0 aliphatic rings. The second kappa shape index (κ2) is 6.90. The average molecular weight is 233 g/mol. The van der Waals surface area contributed by atoms with E-state index in [0.717, 1.165) is 4.90 Å². The molecule has 0 unspecified atom stereocenters. The monoisotopic (exact) mass is 233 g/mol. The van der Waals surface area contributed by atoms with Gasteiger partial charge < -0.3 is 5.32 Å². The molecule has 1 amide bonds. The molecule has 16 heavy (non-hydrogen) atoms. The van der Waals surface area contributed by atoms with E-state index < -0.39 is 0 Å². The Kier molecular flexibility index (Phi) is 5.43. The number of hydrogen-bond acceptors (Lipinski definition) is 2. The highest BCUT2D eigenvalue weighted by Gasteiger charge is 2.08. The van der Waals surface area contributed by atoms with Gasteiger partial charge in [-0.25, -0.2) is 0 Å². The Morgan fingerprint density at radius 2 is 2.12 bits per heavy atom. The molecular formula is C13H15NOS. The molecule has 0 saturated heterocycles. The molecule has 0 atom stereocenters. The number of rotatable bonds is 5. The third kappa shape index (κ3) is 3.95. The van der Waals surface area contributed by atoms with Gasteiger partial charge in [0.1, 0.15) is 0 Å². The lowest BCUT2D eigenvalue weighted by molar-refractivity contribution is -0.116. The highest BCUT2D eigenvalue weighted by Crippen LogP contribution is 2.25. The molecule has 0 fully saturated rings. The van der Waals surface area contributed by atoms with Crippen molar-refractivity contribution in [1.29, 1.82) is 0 Å². The van der Waals surface area contributed by atoms with E-state index in [1.165, 1.54) is 11.8 Å². The molecule has 0 aliphatic carbocycles. The summed E-state index contributed by atoms with van der Waals surface area (Å²) < 4.78 is 0. The van der Waals surface area contributed by atoms with Crippen molar-refractivity contribution >= 4 is 17.7 Å². The normalized spacial score (nSPS) is 10.9. The summed E-state index contributed by atoms with van der Waals surface area (Å²) in [5, 5.41) is 2.76. The average Bonchev–Trinajstić information content (AvgIpc) is 2.34. The van der Waals surface area contributed by atoms with E-state index in [2.05, 4.69) is 11.9 Å². The summed E-state index contributed by atoms with van der Waals surface area (Å²) in [4.78, 5) is 13.5. The molecule has 1 N–H and O–H groups in total. The van der Waals surface area contributed by atoms with Crippen LogP contribution in [0.5, 0.6) is 0 Å². The Hall–Kier alpha value is -1.48. The van der Waals surface area contributed by atoms with Crippen LogP contribution in [0.25, 0.3) is 0 Å². The van der Waals surface area contributed by atoms with Crippen LogP contribution in [0, 0.1) is 0 Å². The highest BCUT2D eigenvalue weighted by atomic mass is 32.2. The summed E-state index contributed by atoms with van der Waals surface area (Å²) in [6, 6.07) is 9.83. The first-order valence-electron chi connectivity index (χ1n) is 5.06. The van der Waals surface area contributed by atoms with Gasteiger partial charge in [0, 0.05) is 11.4 Å². The Morgan fingerprint density at radius 1 is 1.44 bits per heavy atom. The second-order valence-corrected chi connectivity index (χ2v) is 4.18. The van der Waals surface area contributed by atoms with Crippen molar-refractivity contribution in [2.75, 3.05) is 6.54 Å². The quantitative estimate of drug-likeness (QED) is 0.481. The fourth-order valence-electron chi connectivity index (χ4n) is 1.10. The summed E-state index contributed by atoms with van der Waals surface area (Å²) in [6.07, 6.45) is 3.48. The zero-order valence-electron chi connectivity index (χ0n) is 9.27. The van der Waals surface area contributed by atoms with Gasteiger partial charge in [0.25, 0.3) is 5.91 Å². The summed E-state index contributed by atoms with van der Waals surface area (Å²) in [6.45, 7) is 5.91. The van der Waals surface area contributed by atoms with Crippen molar-refractivity contribution in [3.8, 4) is 0 Å². The van der Waals surface area contributed by atoms with E-state index in [4.69, 9.17) is 0 Å². The highest BCUT2D eigenvalue weighted by molar-refractivity contribution is 8.04. The number of nitrogens with one attached hydrogen (secondary N) is 1. The molecule has 1 aromatic carbocycles. The molecule has 2 nitrogen and oxygen atoms in total. The topological polar surface area (TPSA) is 29.1 Å². The summed E-state index contributed by atoms with van der Waals surface area (Å²) in [7, 11) is 0. The van der Waals surface area contributed by atoms with E-state index in [9.17, 15) is 4.79 Å². The van der Waals surface area contributed by atoms with Crippen LogP contribution in [0.2, 0.25) is 0 Å². The fourth-order valence-corrected chi connectivity index (χ4v) is 1.93. The summed E-state index contributed by atoms with van der Waals surface area (Å²) in [5.41, 5.74) is 0. The van der Waals surface area contributed by atoms with Crippen LogP contribution in [0.3, 0.4) is 0 Å². The van der Waals surface area contributed by atoms with Crippen LogP contribution < -0.4 is 5.32 Å². The standard InChI is InChI=1S/C13H15NOS/c1-3-10-14-13(15)12(4-2)16-11-8-6-5-7-9-11/h3-9H,1,10H2,2H3,(H,14,15)/b12-4-. The fraction of sp³-hybridized carbons (Fsp3) is 0.154. The number of amides is 1. The van der Waals surface area contributed by atoms with E-state index in [1.807, 2.05) is 43.3 Å². The van der Waals surface area contributed by atoms with Crippen LogP contribution in [0.15, 0.2) is 58.9 Å². The Labute approximate surface area is 100 Å². The molecule has 0 spiro atoms. The third-order valence-corrected chi connectivity index (χ3v) is 3.01. The lowest BCUT2D eigenvalue weighted by atomic mass is 10.4. The predicted molar refractivity (Wildman–Crippen MR) is 69.3 cm³/mol. The SMILES string of the molecule is C=CCNC(=O)/C(=C/C)Sc1ccccc1. The molecule has 0 saturated carbocycles. The van der Waals surface area contributed by atoms with Gasteiger partial charge in [-0.3, -0.25) is 4.79 Å². The second-order valence-electron chi connectivity index (χ2n) is 3.07. The first-order chi connectivity index (χ1) is 7.77. The Balaban J connectivity index is 2.63. The number of hydrogen-bond donors (Lipinski definition) is 1. The number of carbonyl (C=O) groups is 1. The molecule has 0 radical (unpaired) electrons. The van der Waals surface area contributed by atoms with Crippen LogP contribution >= 0.6 is 11.8 Å². The van der Waals surface area contributed by atoms with E-state index in [0.29, 0.717) is 11.4 Å². The van der Waals surface area contributed by atoms with E-state index in [1.54, 1.807) is 6.08 Å². The predicted octanol–water partition coefficient (Wildman–Crippen LogP) is 2.98. The lowest BCUT2D eigenvalue weighted by Gasteiger charge is -2.06. The van der Waals surface area contributed by atoms with Gasteiger partial charge in [0.15, 0.2) is 0 Å². The van der Waals surface area contributed by atoms with Gasteiger partial charge in [0.2, 0.25) is 0 Å².